The number of carbonyl (C=O) groups is 2. The van der Waals surface area contributed by atoms with Gasteiger partial charge in [0.1, 0.15) is 0 Å². The van der Waals surface area contributed by atoms with E-state index in [4.69, 9.17) is 30.1 Å². The first kappa shape index (κ1) is 24.0. The Morgan fingerprint density at radius 1 is 0.897 bits per heavy atom. The minimum atomic E-state index is -2.14. The van der Waals surface area contributed by atoms with Crippen molar-refractivity contribution in [2.75, 3.05) is 14.2 Å². The molecule has 1 fully saturated rings. The molecule has 0 aromatic heterocycles. The molecule has 1 saturated carbocycles. The predicted octanol–water partition coefficient (Wildman–Crippen LogP) is 3.97. The van der Waals surface area contributed by atoms with Crippen molar-refractivity contribution < 1.29 is 28.1 Å². The lowest BCUT2D eigenvalue weighted by Crippen LogP contribution is -2.48. The third-order valence-corrected chi connectivity index (χ3v) is 6.10. The van der Waals surface area contributed by atoms with Crippen molar-refractivity contribution in [1.82, 2.24) is 5.23 Å². The van der Waals surface area contributed by atoms with Crippen molar-refractivity contribution in [1.29, 1.82) is 0 Å². The summed E-state index contributed by atoms with van der Waals surface area (Å²) in [5, 5.41) is 1.94. The molecule has 10 heteroatoms. The summed E-state index contributed by atoms with van der Waals surface area (Å²) in [6, 6.07) is 6.29. The van der Waals surface area contributed by atoms with Gasteiger partial charge in [-0.3, -0.25) is 9.59 Å². The van der Waals surface area contributed by atoms with Crippen LogP contribution >= 0.6 is 11.6 Å². The first-order valence-electron chi connectivity index (χ1n) is 9.37. The number of rotatable bonds is 8. The minimum absolute atomic E-state index is 0.557. The maximum absolute atomic E-state index is 12.9. The third kappa shape index (κ3) is 5.09. The molecule has 0 radical (unpaired) electrons. The Morgan fingerprint density at radius 3 is 1.66 bits per heavy atom. The van der Waals surface area contributed by atoms with Gasteiger partial charge in [-0.2, -0.15) is 0 Å². The summed E-state index contributed by atoms with van der Waals surface area (Å²) in [6.07, 6.45) is 0. The molecule has 0 bridgehead atoms. The van der Waals surface area contributed by atoms with Crippen LogP contribution in [0.15, 0.2) is 24.3 Å². The Hall–Kier alpha value is -1.24. The van der Waals surface area contributed by atoms with Crippen molar-refractivity contribution in [2.45, 2.75) is 51.2 Å². The van der Waals surface area contributed by atoms with Crippen molar-refractivity contribution in [3.05, 3.63) is 34.9 Å². The molecule has 0 aliphatic heterocycles. The average molecular weight is 460 g/mol. The number of halogens is 1. The SMILES string of the molecule is COC(=O)C1(C(=O)OC)[C@@H](N(O[Si](C)(C)C)O[Si](C)(C)C)[C@@H]1c1ccc(Cl)cc1. The molecule has 29 heavy (non-hydrogen) atoms. The monoisotopic (exact) mass is 459 g/mol. The third-order valence-electron chi connectivity index (χ3n) is 4.39. The zero-order valence-corrected chi connectivity index (χ0v) is 21.0. The van der Waals surface area contributed by atoms with Crippen molar-refractivity contribution in [3.63, 3.8) is 0 Å². The van der Waals surface area contributed by atoms with Crippen LogP contribution in [0.2, 0.25) is 44.3 Å². The van der Waals surface area contributed by atoms with E-state index in [1.165, 1.54) is 19.4 Å². The Balaban J connectivity index is 2.61. The number of hydrogen-bond acceptors (Lipinski definition) is 7. The quantitative estimate of drug-likeness (QED) is 0.252. The Kier molecular flexibility index (Phi) is 7.03. The van der Waals surface area contributed by atoms with Crippen LogP contribution < -0.4 is 0 Å². The fourth-order valence-corrected chi connectivity index (χ4v) is 4.94. The maximum atomic E-state index is 12.9. The topological polar surface area (TPSA) is 74.3 Å². The van der Waals surface area contributed by atoms with Crippen LogP contribution in [0.5, 0.6) is 0 Å². The van der Waals surface area contributed by atoms with E-state index < -0.39 is 45.9 Å². The summed E-state index contributed by atoms with van der Waals surface area (Å²) < 4.78 is 22.5. The fourth-order valence-electron chi connectivity index (χ4n) is 3.36. The molecule has 1 aromatic rings. The molecular weight excluding hydrogens is 430 g/mol. The summed E-state index contributed by atoms with van der Waals surface area (Å²) in [4.78, 5) is 25.9. The molecule has 0 unspecified atom stereocenters. The Morgan fingerprint density at radius 2 is 1.31 bits per heavy atom. The van der Waals surface area contributed by atoms with E-state index in [1.807, 2.05) is 39.3 Å². The lowest BCUT2D eigenvalue weighted by molar-refractivity contribution is -0.285. The molecule has 0 N–H and O–H groups in total. The maximum Gasteiger partial charge on any atom is 0.325 e. The van der Waals surface area contributed by atoms with Crippen LogP contribution in [0.3, 0.4) is 0 Å². The second-order valence-corrected chi connectivity index (χ2v) is 18.3. The second kappa shape index (κ2) is 8.48. The highest BCUT2D eigenvalue weighted by molar-refractivity contribution is 6.70. The summed E-state index contributed by atoms with van der Waals surface area (Å²) in [5.74, 6) is -1.93. The summed E-state index contributed by atoms with van der Waals surface area (Å²) in [6.45, 7) is 12.0. The smallest absolute Gasteiger partial charge is 0.325 e. The number of nitrogens with zero attached hydrogens (tertiary/aromatic N) is 1. The fraction of sp³-hybridized carbons (Fsp3) is 0.579. The number of hydroxylamine groups is 2. The van der Waals surface area contributed by atoms with E-state index in [9.17, 15) is 9.59 Å². The van der Waals surface area contributed by atoms with Gasteiger partial charge in [0.2, 0.25) is 16.6 Å². The Labute approximate surface area is 179 Å². The van der Waals surface area contributed by atoms with Gasteiger partial charge in [0, 0.05) is 10.9 Å². The molecule has 0 amide bonds. The highest BCUT2D eigenvalue weighted by Crippen LogP contribution is 2.64. The number of benzene rings is 1. The van der Waals surface area contributed by atoms with Crippen LogP contribution in [0.4, 0.5) is 0 Å². The molecule has 1 aliphatic carbocycles. The number of carbonyl (C=O) groups excluding carboxylic acids is 2. The largest absolute Gasteiger partial charge is 0.468 e. The predicted molar refractivity (Wildman–Crippen MR) is 115 cm³/mol. The minimum Gasteiger partial charge on any atom is -0.468 e. The normalized spacial score (nSPS) is 21.0. The van der Waals surface area contributed by atoms with E-state index in [-0.39, 0.29) is 0 Å². The number of ether oxygens (including phenoxy) is 2. The van der Waals surface area contributed by atoms with Gasteiger partial charge in [0.15, 0.2) is 5.41 Å². The molecule has 1 aromatic carbocycles. The molecule has 1 aliphatic rings. The van der Waals surface area contributed by atoms with Gasteiger partial charge in [-0.15, -0.1) is 0 Å². The van der Waals surface area contributed by atoms with Crippen LogP contribution in [0.1, 0.15) is 11.5 Å². The average Bonchev–Trinajstić information content (AvgIpc) is 3.29. The number of methoxy groups -OCH3 is 2. The highest BCUT2D eigenvalue weighted by atomic mass is 35.5. The zero-order chi connectivity index (χ0) is 22.2. The van der Waals surface area contributed by atoms with Crippen LogP contribution in [-0.2, 0) is 28.1 Å². The molecule has 2 atom stereocenters. The summed E-state index contributed by atoms with van der Waals surface area (Å²) in [5.41, 5.74) is -0.838. The molecule has 0 spiro atoms. The van der Waals surface area contributed by atoms with Gasteiger partial charge in [0.25, 0.3) is 0 Å². The van der Waals surface area contributed by atoms with Crippen LogP contribution in [0, 0.1) is 5.41 Å². The molecular formula is C19H30ClNO6Si2. The van der Waals surface area contributed by atoms with Crippen molar-refractivity contribution in [2.24, 2.45) is 5.41 Å². The first-order valence-corrected chi connectivity index (χ1v) is 16.6. The standard InChI is InChI=1S/C19H30ClNO6Si2/c1-24-17(22)19(18(23)25-2)15(13-9-11-14(20)12-10-13)16(19)21(26-28(3,4)5)27-29(6,7)8/h9-12,15-16H,1-8H3/t15-,16-/m0/s1. The molecule has 0 heterocycles. The van der Waals surface area contributed by atoms with Gasteiger partial charge in [-0.05, 0) is 57.0 Å². The summed E-state index contributed by atoms with van der Waals surface area (Å²) in [7, 11) is -1.77. The van der Waals surface area contributed by atoms with E-state index in [1.54, 1.807) is 24.3 Å². The van der Waals surface area contributed by atoms with Gasteiger partial charge < -0.3 is 18.5 Å². The molecule has 162 valence electrons. The second-order valence-electron chi connectivity index (χ2n) is 9.02. The van der Waals surface area contributed by atoms with Crippen molar-refractivity contribution in [3.8, 4) is 0 Å². The number of hydrogen-bond donors (Lipinski definition) is 0. The van der Waals surface area contributed by atoms with E-state index >= 15 is 0 Å². The van der Waals surface area contributed by atoms with E-state index in [0.29, 0.717) is 5.02 Å². The number of esters is 2. The lowest BCUT2D eigenvalue weighted by atomic mass is 9.99. The first-order chi connectivity index (χ1) is 13.3. The molecule has 7 nitrogen and oxygen atoms in total. The van der Waals surface area contributed by atoms with Gasteiger partial charge in [0.05, 0.1) is 20.3 Å². The van der Waals surface area contributed by atoms with E-state index in [0.717, 1.165) is 5.56 Å². The van der Waals surface area contributed by atoms with E-state index in [2.05, 4.69) is 0 Å². The van der Waals surface area contributed by atoms with Crippen LogP contribution in [0.25, 0.3) is 0 Å². The van der Waals surface area contributed by atoms with Crippen LogP contribution in [-0.4, -0.2) is 54.1 Å². The van der Waals surface area contributed by atoms with Gasteiger partial charge in [-0.25, -0.2) is 0 Å². The molecule has 0 saturated heterocycles. The van der Waals surface area contributed by atoms with Crippen molar-refractivity contribution >= 4 is 40.2 Å². The van der Waals surface area contributed by atoms with Gasteiger partial charge >= 0.3 is 11.9 Å². The lowest BCUT2D eigenvalue weighted by Gasteiger charge is -2.34. The van der Waals surface area contributed by atoms with Gasteiger partial charge in [-0.1, -0.05) is 29.0 Å². The molecule has 2 rings (SSSR count). The Bertz CT molecular complexity index is 727. The summed E-state index contributed by atoms with van der Waals surface area (Å²) >= 11 is 6.03. The highest BCUT2D eigenvalue weighted by Gasteiger charge is 2.80. The zero-order valence-electron chi connectivity index (χ0n) is 18.2.